The molecule has 16 heavy (non-hydrogen) atoms. The average molecular weight is 245 g/mol. The predicted octanol–water partition coefficient (Wildman–Crippen LogP) is 1.88. The average Bonchev–Trinajstić information content (AvgIpc) is 2.32. The molecule has 1 aromatic rings. The van der Waals surface area contributed by atoms with Crippen molar-refractivity contribution in [1.82, 2.24) is 5.32 Å². The molecule has 1 aliphatic rings. The number of hydrogen-bond donors (Lipinski definition) is 2. The van der Waals surface area contributed by atoms with Gasteiger partial charge in [0.2, 0.25) is 0 Å². The Morgan fingerprint density at radius 3 is 3.19 bits per heavy atom. The summed E-state index contributed by atoms with van der Waals surface area (Å²) in [6.07, 6.45) is 0. The molecule has 5 heteroatoms. The van der Waals surface area contributed by atoms with Gasteiger partial charge in [-0.2, -0.15) is 0 Å². The highest BCUT2D eigenvalue weighted by Crippen LogP contribution is 2.19. The van der Waals surface area contributed by atoms with Gasteiger partial charge in [-0.15, -0.1) is 0 Å². The van der Waals surface area contributed by atoms with Crippen LogP contribution >= 0.6 is 11.6 Å². The van der Waals surface area contributed by atoms with Crippen LogP contribution in [-0.4, -0.2) is 32.3 Å². The van der Waals surface area contributed by atoms with E-state index in [0.29, 0.717) is 23.9 Å². The summed E-state index contributed by atoms with van der Waals surface area (Å²) in [5.74, 6) is -0.291. The first-order valence-corrected chi connectivity index (χ1v) is 5.63. The van der Waals surface area contributed by atoms with E-state index < -0.39 is 0 Å². The van der Waals surface area contributed by atoms with Crippen molar-refractivity contribution in [3.8, 4) is 0 Å². The Bertz CT molecular complexity index is 356. The molecule has 0 radical (unpaired) electrons. The third-order valence-electron chi connectivity index (χ3n) is 2.47. The maximum absolute atomic E-state index is 13.4. The molecule has 1 heterocycles. The molecule has 0 aliphatic carbocycles. The van der Waals surface area contributed by atoms with Gasteiger partial charge in [-0.1, -0.05) is 11.6 Å². The SMILES string of the molecule is Fc1ccc(Cl)cc1NCC1COCCN1. The van der Waals surface area contributed by atoms with Crippen LogP contribution in [-0.2, 0) is 4.74 Å². The zero-order valence-corrected chi connectivity index (χ0v) is 9.56. The Morgan fingerprint density at radius 2 is 2.44 bits per heavy atom. The van der Waals surface area contributed by atoms with E-state index in [1.807, 2.05) is 0 Å². The fourth-order valence-electron chi connectivity index (χ4n) is 1.62. The number of nitrogens with one attached hydrogen (secondary N) is 2. The Hall–Kier alpha value is -0.840. The van der Waals surface area contributed by atoms with E-state index in [9.17, 15) is 4.39 Å². The van der Waals surface area contributed by atoms with E-state index in [1.165, 1.54) is 12.1 Å². The molecule has 1 saturated heterocycles. The van der Waals surface area contributed by atoms with Gasteiger partial charge in [-0.3, -0.25) is 0 Å². The van der Waals surface area contributed by atoms with Crippen LogP contribution in [0.2, 0.25) is 5.02 Å². The van der Waals surface area contributed by atoms with Gasteiger partial charge in [0.15, 0.2) is 0 Å². The number of anilines is 1. The zero-order chi connectivity index (χ0) is 11.4. The Labute approximate surface area is 98.9 Å². The highest BCUT2D eigenvalue weighted by Gasteiger charge is 2.13. The second-order valence-electron chi connectivity index (χ2n) is 3.73. The van der Waals surface area contributed by atoms with Crippen molar-refractivity contribution in [2.45, 2.75) is 6.04 Å². The second-order valence-corrected chi connectivity index (χ2v) is 4.17. The number of hydrogen-bond acceptors (Lipinski definition) is 3. The minimum atomic E-state index is -0.291. The standard InChI is InChI=1S/C11H14ClFN2O/c12-8-1-2-10(13)11(5-8)15-6-9-7-16-4-3-14-9/h1-2,5,9,14-15H,3-4,6-7H2. The Balaban J connectivity index is 1.90. The highest BCUT2D eigenvalue weighted by molar-refractivity contribution is 6.30. The first-order valence-electron chi connectivity index (χ1n) is 5.26. The van der Waals surface area contributed by atoms with Gasteiger partial charge in [0.25, 0.3) is 0 Å². The fraction of sp³-hybridized carbons (Fsp3) is 0.455. The minimum absolute atomic E-state index is 0.215. The summed E-state index contributed by atoms with van der Waals surface area (Å²) in [5.41, 5.74) is 0.430. The van der Waals surface area contributed by atoms with Crippen LogP contribution in [0.5, 0.6) is 0 Å². The molecular formula is C11H14ClFN2O. The number of rotatable bonds is 3. The molecule has 0 saturated carbocycles. The van der Waals surface area contributed by atoms with Crippen molar-refractivity contribution in [3.63, 3.8) is 0 Å². The largest absolute Gasteiger partial charge is 0.381 e. The van der Waals surface area contributed by atoms with Gasteiger partial charge in [0.1, 0.15) is 5.82 Å². The molecule has 1 atom stereocenters. The summed E-state index contributed by atoms with van der Waals surface area (Å²) in [5, 5.41) is 6.83. The van der Waals surface area contributed by atoms with E-state index in [1.54, 1.807) is 6.07 Å². The van der Waals surface area contributed by atoms with E-state index in [2.05, 4.69) is 10.6 Å². The number of halogens is 2. The van der Waals surface area contributed by atoms with Gasteiger partial charge in [0, 0.05) is 24.2 Å². The second kappa shape index (κ2) is 5.48. The monoisotopic (exact) mass is 244 g/mol. The van der Waals surface area contributed by atoms with Crippen molar-refractivity contribution in [1.29, 1.82) is 0 Å². The summed E-state index contributed by atoms with van der Waals surface area (Å²) in [7, 11) is 0. The molecule has 88 valence electrons. The highest BCUT2D eigenvalue weighted by atomic mass is 35.5. The van der Waals surface area contributed by atoms with Crippen LogP contribution in [0.1, 0.15) is 0 Å². The van der Waals surface area contributed by atoms with Crippen LogP contribution in [0, 0.1) is 5.82 Å². The number of ether oxygens (including phenoxy) is 1. The van der Waals surface area contributed by atoms with Crippen LogP contribution in [0.3, 0.4) is 0 Å². The van der Waals surface area contributed by atoms with Crippen LogP contribution in [0.25, 0.3) is 0 Å². The lowest BCUT2D eigenvalue weighted by atomic mass is 10.2. The van der Waals surface area contributed by atoms with E-state index in [-0.39, 0.29) is 11.9 Å². The molecule has 1 aromatic carbocycles. The molecule has 3 nitrogen and oxygen atoms in total. The van der Waals surface area contributed by atoms with Crippen LogP contribution < -0.4 is 10.6 Å². The molecule has 2 rings (SSSR count). The summed E-state index contributed by atoms with van der Waals surface area (Å²) < 4.78 is 18.7. The summed E-state index contributed by atoms with van der Waals surface area (Å²) in [6.45, 7) is 2.85. The minimum Gasteiger partial charge on any atom is -0.381 e. The lowest BCUT2D eigenvalue weighted by Crippen LogP contribution is -2.45. The van der Waals surface area contributed by atoms with Gasteiger partial charge in [-0.25, -0.2) is 4.39 Å². The topological polar surface area (TPSA) is 33.3 Å². The Morgan fingerprint density at radius 1 is 1.56 bits per heavy atom. The van der Waals surface area contributed by atoms with Crippen molar-refractivity contribution in [2.24, 2.45) is 0 Å². The smallest absolute Gasteiger partial charge is 0.146 e. The lowest BCUT2D eigenvalue weighted by molar-refractivity contribution is 0.0806. The van der Waals surface area contributed by atoms with Gasteiger partial charge in [-0.05, 0) is 18.2 Å². The fourth-order valence-corrected chi connectivity index (χ4v) is 1.79. The molecule has 0 amide bonds. The molecule has 2 N–H and O–H groups in total. The van der Waals surface area contributed by atoms with Gasteiger partial charge in [0.05, 0.1) is 18.9 Å². The van der Waals surface area contributed by atoms with E-state index in [0.717, 1.165) is 13.2 Å². The maximum Gasteiger partial charge on any atom is 0.146 e. The lowest BCUT2D eigenvalue weighted by Gasteiger charge is -2.24. The predicted molar refractivity (Wildman–Crippen MR) is 62.5 cm³/mol. The van der Waals surface area contributed by atoms with Crippen LogP contribution in [0.15, 0.2) is 18.2 Å². The van der Waals surface area contributed by atoms with Gasteiger partial charge >= 0.3 is 0 Å². The van der Waals surface area contributed by atoms with Crippen molar-refractivity contribution >= 4 is 17.3 Å². The Kier molecular flexibility index (Phi) is 3.98. The first-order chi connectivity index (χ1) is 7.75. The normalized spacial score (nSPS) is 20.8. The molecule has 1 unspecified atom stereocenters. The number of morpholine rings is 1. The van der Waals surface area contributed by atoms with Gasteiger partial charge < -0.3 is 15.4 Å². The summed E-state index contributed by atoms with van der Waals surface area (Å²) >= 11 is 5.79. The molecular weight excluding hydrogens is 231 g/mol. The van der Waals surface area contributed by atoms with Crippen molar-refractivity contribution < 1.29 is 9.13 Å². The van der Waals surface area contributed by atoms with Crippen molar-refractivity contribution in [3.05, 3.63) is 29.0 Å². The molecule has 1 fully saturated rings. The first kappa shape index (κ1) is 11.6. The van der Waals surface area contributed by atoms with E-state index in [4.69, 9.17) is 16.3 Å². The maximum atomic E-state index is 13.4. The summed E-state index contributed by atoms with van der Waals surface area (Å²) in [4.78, 5) is 0. The summed E-state index contributed by atoms with van der Waals surface area (Å²) in [6, 6.07) is 4.69. The van der Waals surface area contributed by atoms with Crippen LogP contribution in [0.4, 0.5) is 10.1 Å². The zero-order valence-electron chi connectivity index (χ0n) is 8.80. The molecule has 1 aliphatic heterocycles. The van der Waals surface area contributed by atoms with Crippen molar-refractivity contribution in [2.75, 3.05) is 31.6 Å². The van der Waals surface area contributed by atoms with E-state index >= 15 is 0 Å². The molecule has 0 aromatic heterocycles. The quantitative estimate of drug-likeness (QED) is 0.852. The third kappa shape index (κ3) is 3.07. The third-order valence-corrected chi connectivity index (χ3v) is 2.70. The molecule has 0 bridgehead atoms. The molecule has 0 spiro atoms. The number of benzene rings is 1.